The van der Waals surface area contributed by atoms with Crippen LogP contribution in [0.15, 0.2) is 30.3 Å². The van der Waals surface area contributed by atoms with Crippen molar-refractivity contribution in [1.82, 2.24) is 5.32 Å². The molecule has 1 amide bonds. The zero-order chi connectivity index (χ0) is 15.3. The molecule has 0 aliphatic rings. The topological polar surface area (TPSA) is 55.1 Å². The predicted octanol–water partition coefficient (Wildman–Crippen LogP) is 3.26. The third-order valence-corrected chi connectivity index (χ3v) is 3.35. The summed E-state index contributed by atoms with van der Waals surface area (Å²) < 4.78 is 0. The summed E-state index contributed by atoms with van der Waals surface area (Å²) in [5.74, 6) is 0.350. The lowest BCUT2D eigenvalue weighted by atomic mass is 9.82. The zero-order valence-corrected chi connectivity index (χ0v) is 13.3. The molecule has 0 aliphatic carbocycles. The van der Waals surface area contributed by atoms with E-state index in [1.807, 2.05) is 30.3 Å². The summed E-state index contributed by atoms with van der Waals surface area (Å²) >= 11 is 0. The van der Waals surface area contributed by atoms with Crippen LogP contribution in [0.4, 0.5) is 0 Å². The average Bonchev–Trinajstić information content (AvgIpc) is 2.34. The highest BCUT2D eigenvalue weighted by molar-refractivity contribution is 5.82. The van der Waals surface area contributed by atoms with Gasteiger partial charge in [-0.05, 0) is 23.3 Å². The van der Waals surface area contributed by atoms with Gasteiger partial charge in [0.05, 0.1) is 12.1 Å². The quantitative estimate of drug-likeness (QED) is 0.867. The molecule has 0 saturated carbocycles. The Labute approximate surface area is 122 Å². The Morgan fingerprint density at radius 2 is 1.75 bits per heavy atom. The molecule has 0 aliphatic heterocycles. The average molecular weight is 276 g/mol. The minimum absolute atomic E-state index is 0.0330. The third-order valence-electron chi connectivity index (χ3n) is 3.35. The van der Waals surface area contributed by atoms with Gasteiger partial charge in [-0.2, -0.15) is 0 Å². The number of carbonyl (C=O) groups is 1. The van der Waals surface area contributed by atoms with Crippen LogP contribution in [0, 0.1) is 11.3 Å². The molecule has 0 saturated heterocycles. The molecule has 0 bridgehead atoms. The summed E-state index contributed by atoms with van der Waals surface area (Å²) in [6.07, 6.45) is 0.706. The molecule has 0 fully saturated rings. The Morgan fingerprint density at radius 1 is 1.20 bits per heavy atom. The van der Waals surface area contributed by atoms with Crippen LogP contribution in [-0.2, 0) is 4.79 Å². The Morgan fingerprint density at radius 3 is 2.20 bits per heavy atom. The van der Waals surface area contributed by atoms with Gasteiger partial charge in [0.15, 0.2) is 0 Å². The second-order valence-corrected chi connectivity index (χ2v) is 6.95. The van der Waals surface area contributed by atoms with Gasteiger partial charge in [-0.15, -0.1) is 0 Å². The normalized spacial score (nSPS) is 14.9. The smallest absolute Gasteiger partial charge is 0.237 e. The van der Waals surface area contributed by atoms with Crippen molar-refractivity contribution in [3.05, 3.63) is 35.9 Å². The fourth-order valence-electron chi connectivity index (χ4n) is 2.31. The van der Waals surface area contributed by atoms with Gasteiger partial charge in [0.25, 0.3) is 0 Å². The van der Waals surface area contributed by atoms with Gasteiger partial charge in [-0.25, -0.2) is 0 Å². The van der Waals surface area contributed by atoms with Gasteiger partial charge in [-0.3, -0.25) is 4.79 Å². The molecule has 112 valence electrons. The highest BCUT2D eigenvalue weighted by atomic mass is 16.2. The van der Waals surface area contributed by atoms with Crippen molar-refractivity contribution in [1.29, 1.82) is 0 Å². The van der Waals surface area contributed by atoms with Crippen molar-refractivity contribution in [2.75, 3.05) is 0 Å². The zero-order valence-electron chi connectivity index (χ0n) is 13.3. The summed E-state index contributed by atoms with van der Waals surface area (Å²) in [7, 11) is 0. The van der Waals surface area contributed by atoms with E-state index < -0.39 is 6.04 Å². The van der Waals surface area contributed by atoms with Crippen molar-refractivity contribution in [3.8, 4) is 0 Å². The van der Waals surface area contributed by atoms with E-state index in [1.165, 1.54) is 0 Å². The van der Waals surface area contributed by atoms with E-state index in [4.69, 9.17) is 5.73 Å². The first-order chi connectivity index (χ1) is 9.21. The van der Waals surface area contributed by atoms with E-state index in [1.54, 1.807) is 0 Å². The number of amides is 1. The molecular weight excluding hydrogens is 248 g/mol. The molecule has 0 radical (unpaired) electrons. The SMILES string of the molecule is CC(C)C[C@H](N)C(=O)NC(c1ccccc1)C(C)(C)C. The van der Waals surface area contributed by atoms with E-state index in [2.05, 4.69) is 39.9 Å². The molecule has 0 spiro atoms. The second-order valence-electron chi connectivity index (χ2n) is 6.95. The van der Waals surface area contributed by atoms with Crippen molar-refractivity contribution >= 4 is 5.91 Å². The molecule has 0 aromatic heterocycles. The van der Waals surface area contributed by atoms with Crippen LogP contribution >= 0.6 is 0 Å². The number of carbonyl (C=O) groups excluding carboxylic acids is 1. The maximum absolute atomic E-state index is 12.3. The van der Waals surface area contributed by atoms with Crippen molar-refractivity contribution in [3.63, 3.8) is 0 Å². The maximum atomic E-state index is 12.3. The molecule has 1 aromatic carbocycles. The number of rotatable bonds is 5. The molecule has 1 aromatic rings. The summed E-state index contributed by atoms with van der Waals surface area (Å²) in [5.41, 5.74) is 7.03. The molecule has 3 heteroatoms. The van der Waals surface area contributed by atoms with E-state index >= 15 is 0 Å². The van der Waals surface area contributed by atoms with Crippen LogP contribution in [0.5, 0.6) is 0 Å². The monoisotopic (exact) mass is 276 g/mol. The maximum Gasteiger partial charge on any atom is 0.237 e. The summed E-state index contributed by atoms with van der Waals surface area (Å²) in [4.78, 5) is 12.3. The Balaban J connectivity index is 2.85. The molecular formula is C17H28N2O. The van der Waals surface area contributed by atoms with Crippen LogP contribution in [0.1, 0.15) is 52.6 Å². The Bertz CT molecular complexity index is 420. The minimum Gasteiger partial charge on any atom is -0.347 e. The number of benzene rings is 1. The fraction of sp³-hybridized carbons (Fsp3) is 0.588. The molecule has 0 heterocycles. The third kappa shape index (κ3) is 4.97. The first kappa shape index (κ1) is 16.7. The highest BCUT2D eigenvalue weighted by Gasteiger charge is 2.29. The lowest BCUT2D eigenvalue weighted by Crippen LogP contribution is -2.46. The Hall–Kier alpha value is -1.35. The van der Waals surface area contributed by atoms with E-state index in [0.29, 0.717) is 12.3 Å². The highest BCUT2D eigenvalue weighted by Crippen LogP contribution is 2.32. The van der Waals surface area contributed by atoms with Crippen LogP contribution < -0.4 is 11.1 Å². The summed E-state index contributed by atoms with van der Waals surface area (Å²) in [6.45, 7) is 10.5. The number of hydrogen-bond donors (Lipinski definition) is 2. The van der Waals surface area contributed by atoms with Gasteiger partial charge in [0.2, 0.25) is 5.91 Å². The number of hydrogen-bond acceptors (Lipinski definition) is 2. The minimum atomic E-state index is -0.441. The number of nitrogens with one attached hydrogen (secondary N) is 1. The number of nitrogens with two attached hydrogens (primary N) is 1. The first-order valence-corrected chi connectivity index (χ1v) is 7.32. The first-order valence-electron chi connectivity index (χ1n) is 7.32. The van der Waals surface area contributed by atoms with E-state index in [0.717, 1.165) is 5.56 Å². The summed E-state index contributed by atoms with van der Waals surface area (Å²) in [6, 6.07) is 9.59. The molecule has 1 unspecified atom stereocenters. The van der Waals surface area contributed by atoms with Gasteiger partial charge in [0, 0.05) is 0 Å². The lowest BCUT2D eigenvalue weighted by Gasteiger charge is -2.33. The fourth-order valence-corrected chi connectivity index (χ4v) is 2.31. The summed E-state index contributed by atoms with van der Waals surface area (Å²) in [5, 5.41) is 3.11. The van der Waals surface area contributed by atoms with Crippen LogP contribution in [0.25, 0.3) is 0 Å². The Kier molecular flexibility index (Phi) is 5.75. The van der Waals surface area contributed by atoms with E-state index in [9.17, 15) is 4.79 Å². The second kappa shape index (κ2) is 6.89. The van der Waals surface area contributed by atoms with Crippen LogP contribution in [-0.4, -0.2) is 11.9 Å². The van der Waals surface area contributed by atoms with Gasteiger partial charge in [-0.1, -0.05) is 65.0 Å². The van der Waals surface area contributed by atoms with Crippen LogP contribution in [0.2, 0.25) is 0 Å². The molecule has 3 nitrogen and oxygen atoms in total. The van der Waals surface area contributed by atoms with Crippen molar-refractivity contribution in [2.24, 2.45) is 17.1 Å². The van der Waals surface area contributed by atoms with Gasteiger partial charge >= 0.3 is 0 Å². The lowest BCUT2D eigenvalue weighted by molar-refractivity contribution is -0.124. The van der Waals surface area contributed by atoms with E-state index in [-0.39, 0.29) is 17.4 Å². The van der Waals surface area contributed by atoms with Crippen LogP contribution in [0.3, 0.4) is 0 Å². The molecule has 20 heavy (non-hydrogen) atoms. The largest absolute Gasteiger partial charge is 0.347 e. The van der Waals surface area contributed by atoms with Crippen molar-refractivity contribution < 1.29 is 4.79 Å². The molecule has 1 rings (SSSR count). The molecule has 2 atom stereocenters. The molecule has 3 N–H and O–H groups in total. The van der Waals surface area contributed by atoms with Gasteiger partial charge < -0.3 is 11.1 Å². The van der Waals surface area contributed by atoms with Crippen molar-refractivity contribution in [2.45, 2.75) is 53.1 Å². The predicted molar refractivity (Wildman–Crippen MR) is 84.2 cm³/mol. The standard InChI is InChI=1S/C17H28N2O/c1-12(2)11-14(18)16(20)19-15(17(3,4)5)13-9-7-6-8-10-13/h6-10,12,14-15H,11,18H2,1-5H3,(H,19,20)/t14-,15?/m0/s1. The van der Waals surface area contributed by atoms with Gasteiger partial charge in [0.1, 0.15) is 0 Å².